The summed E-state index contributed by atoms with van der Waals surface area (Å²) in [7, 11) is 0. The molecule has 6 heteroatoms. The van der Waals surface area contributed by atoms with E-state index in [1.165, 1.54) is 0 Å². The van der Waals surface area contributed by atoms with Gasteiger partial charge < -0.3 is 10.4 Å². The molecule has 0 spiro atoms. The zero-order valence-corrected chi connectivity index (χ0v) is 12.6. The van der Waals surface area contributed by atoms with Crippen LogP contribution in [-0.4, -0.2) is 22.5 Å². The fraction of sp³-hybridized carbons (Fsp3) is 0.529. The largest absolute Gasteiger partial charge is 0.480 e. The van der Waals surface area contributed by atoms with Crippen molar-refractivity contribution in [2.24, 2.45) is 5.92 Å². The van der Waals surface area contributed by atoms with Gasteiger partial charge in [-0.25, -0.2) is 13.6 Å². The molecule has 2 N–H and O–H groups in total. The van der Waals surface area contributed by atoms with Gasteiger partial charge in [0, 0.05) is 5.92 Å². The summed E-state index contributed by atoms with van der Waals surface area (Å²) in [5, 5.41) is 12.2. The zero-order valence-electron chi connectivity index (χ0n) is 12.6. The molecule has 2 atom stereocenters. The van der Waals surface area contributed by atoms with Gasteiger partial charge in [0.05, 0.1) is 0 Å². The quantitative estimate of drug-likeness (QED) is 0.895. The minimum Gasteiger partial charge on any atom is -0.480 e. The number of carbonyl (C=O) groups excluding carboxylic acids is 1. The normalized spacial score (nSPS) is 25.7. The van der Waals surface area contributed by atoms with Crippen LogP contribution in [0.3, 0.4) is 0 Å². The van der Waals surface area contributed by atoms with E-state index < -0.39 is 29.1 Å². The lowest BCUT2D eigenvalue weighted by Crippen LogP contribution is -2.56. The molecular formula is C17H19F2NO3. The molecule has 1 aromatic carbocycles. The van der Waals surface area contributed by atoms with Crippen LogP contribution in [-0.2, 0) is 9.59 Å². The first-order valence-corrected chi connectivity index (χ1v) is 7.93. The summed E-state index contributed by atoms with van der Waals surface area (Å²) in [5.74, 6) is -3.31. The Morgan fingerprint density at radius 3 is 2.52 bits per heavy atom. The van der Waals surface area contributed by atoms with Crippen LogP contribution in [0.1, 0.15) is 50.0 Å². The molecule has 23 heavy (non-hydrogen) atoms. The van der Waals surface area contributed by atoms with Crippen molar-refractivity contribution in [2.75, 3.05) is 0 Å². The van der Waals surface area contributed by atoms with Gasteiger partial charge in [-0.05, 0) is 48.9 Å². The zero-order chi connectivity index (χ0) is 16.6. The van der Waals surface area contributed by atoms with E-state index >= 15 is 0 Å². The first kappa shape index (κ1) is 15.9. The Bertz CT molecular complexity index is 641. The molecule has 2 fully saturated rings. The van der Waals surface area contributed by atoms with Crippen LogP contribution in [0.25, 0.3) is 0 Å². The highest BCUT2D eigenvalue weighted by Gasteiger charge is 2.49. The van der Waals surface area contributed by atoms with Gasteiger partial charge in [0.1, 0.15) is 17.2 Å². The minimum atomic E-state index is -1.21. The lowest BCUT2D eigenvalue weighted by Gasteiger charge is -2.34. The van der Waals surface area contributed by atoms with Gasteiger partial charge >= 0.3 is 5.97 Å². The number of benzene rings is 1. The number of hydrogen-bond acceptors (Lipinski definition) is 2. The predicted molar refractivity (Wildman–Crippen MR) is 78.8 cm³/mol. The number of carboxylic acids is 1. The summed E-state index contributed by atoms with van der Waals surface area (Å²) in [6.07, 6.45) is 3.74. The van der Waals surface area contributed by atoms with Gasteiger partial charge in [-0.3, -0.25) is 4.79 Å². The molecule has 0 bridgehead atoms. The molecule has 0 aliphatic heterocycles. The molecule has 0 radical (unpaired) electrons. The molecule has 4 nitrogen and oxygen atoms in total. The predicted octanol–water partition coefficient (Wildman–Crippen LogP) is 2.97. The van der Waals surface area contributed by atoms with Gasteiger partial charge in [-0.1, -0.05) is 19.3 Å². The molecule has 0 saturated heterocycles. The van der Waals surface area contributed by atoms with Crippen LogP contribution in [0, 0.1) is 17.6 Å². The smallest absolute Gasteiger partial charge is 0.329 e. The SMILES string of the molecule is O=C(NC1(C(=O)O)CCCCC1)C1CC1c1cc(F)ccc1F. The lowest BCUT2D eigenvalue weighted by atomic mass is 9.81. The van der Waals surface area contributed by atoms with Gasteiger partial charge in [0.25, 0.3) is 0 Å². The van der Waals surface area contributed by atoms with Crippen LogP contribution < -0.4 is 5.32 Å². The molecule has 0 heterocycles. The van der Waals surface area contributed by atoms with Crippen LogP contribution in [0.4, 0.5) is 8.78 Å². The molecule has 1 amide bonds. The van der Waals surface area contributed by atoms with E-state index in [4.69, 9.17) is 0 Å². The van der Waals surface area contributed by atoms with Gasteiger partial charge in [-0.2, -0.15) is 0 Å². The Hall–Kier alpha value is -1.98. The van der Waals surface area contributed by atoms with Crippen LogP contribution in [0.15, 0.2) is 18.2 Å². The highest BCUT2D eigenvalue weighted by molar-refractivity contribution is 5.90. The molecular weight excluding hydrogens is 304 g/mol. The highest BCUT2D eigenvalue weighted by Crippen LogP contribution is 2.49. The number of halogens is 2. The molecule has 124 valence electrons. The topological polar surface area (TPSA) is 66.4 Å². The van der Waals surface area contributed by atoms with E-state index in [1.807, 2.05) is 0 Å². The Morgan fingerprint density at radius 1 is 1.17 bits per heavy atom. The van der Waals surface area contributed by atoms with E-state index in [-0.39, 0.29) is 17.4 Å². The average Bonchev–Trinajstić information content (AvgIpc) is 3.31. The summed E-state index contributed by atoms with van der Waals surface area (Å²) in [4.78, 5) is 24.0. The number of carboxylic acid groups (broad SMARTS) is 1. The van der Waals surface area contributed by atoms with Crippen molar-refractivity contribution in [1.29, 1.82) is 0 Å². The Balaban J connectivity index is 1.70. The Labute approximate surface area is 132 Å². The van der Waals surface area contributed by atoms with Crippen LogP contribution in [0.2, 0.25) is 0 Å². The second kappa shape index (κ2) is 5.91. The van der Waals surface area contributed by atoms with E-state index in [2.05, 4.69) is 5.32 Å². The Morgan fingerprint density at radius 2 is 1.87 bits per heavy atom. The van der Waals surface area contributed by atoms with Crippen molar-refractivity contribution >= 4 is 11.9 Å². The summed E-state index contributed by atoms with van der Waals surface area (Å²) in [5.41, 5.74) is -1.01. The third-order valence-electron chi connectivity index (χ3n) is 4.96. The highest BCUT2D eigenvalue weighted by atomic mass is 19.1. The molecule has 1 aromatic rings. The maximum Gasteiger partial charge on any atom is 0.329 e. The van der Waals surface area contributed by atoms with Gasteiger partial charge in [-0.15, -0.1) is 0 Å². The summed E-state index contributed by atoms with van der Waals surface area (Å²) >= 11 is 0. The Kier molecular flexibility index (Phi) is 4.08. The number of hydrogen-bond donors (Lipinski definition) is 2. The number of aliphatic carboxylic acids is 1. The standard InChI is InChI=1S/C17H19F2NO3/c18-10-4-5-14(19)12(8-10)11-9-13(11)15(21)20-17(16(22)23)6-2-1-3-7-17/h4-5,8,11,13H,1-3,6-7,9H2,(H,20,21)(H,22,23). The van der Waals surface area contributed by atoms with Crippen molar-refractivity contribution in [2.45, 2.75) is 50.0 Å². The fourth-order valence-corrected chi connectivity index (χ4v) is 3.50. The van der Waals surface area contributed by atoms with Crippen molar-refractivity contribution < 1.29 is 23.5 Å². The minimum absolute atomic E-state index is 0.193. The van der Waals surface area contributed by atoms with Crippen molar-refractivity contribution in [3.8, 4) is 0 Å². The average molecular weight is 323 g/mol. The third-order valence-corrected chi connectivity index (χ3v) is 4.96. The van der Waals surface area contributed by atoms with Gasteiger partial charge in [0.2, 0.25) is 5.91 Å². The second-order valence-corrected chi connectivity index (χ2v) is 6.55. The number of rotatable bonds is 4. The second-order valence-electron chi connectivity index (χ2n) is 6.55. The maximum absolute atomic E-state index is 13.8. The number of carbonyl (C=O) groups is 2. The van der Waals surface area contributed by atoms with Gasteiger partial charge in [0.15, 0.2) is 0 Å². The molecule has 2 aliphatic rings. The first-order valence-electron chi connectivity index (χ1n) is 7.93. The van der Waals surface area contributed by atoms with Crippen molar-refractivity contribution in [3.05, 3.63) is 35.4 Å². The van der Waals surface area contributed by atoms with E-state index in [9.17, 15) is 23.5 Å². The van der Waals surface area contributed by atoms with E-state index in [1.54, 1.807) is 0 Å². The number of nitrogens with one attached hydrogen (secondary N) is 1. The molecule has 2 saturated carbocycles. The summed E-state index contributed by atoms with van der Waals surface area (Å²) in [6, 6.07) is 3.20. The summed E-state index contributed by atoms with van der Waals surface area (Å²) < 4.78 is 27.0. The third kappa shape index (κ3) is 3.07. The van der Waals surface area contributed by atoms with Crippen LogP contribution >= 0.6 is 0 Å². The van der Waals surface area contributed by atoms with Crippen LogP contribution in [0.5, 0.6) is 0 Å². The molecule has 0 aromatic heterocycles. The van der Waals surface area contributed by atoms with E-state index in [0.717, 1.165) is 37.5 Å². The fourth-order valence-electron chi connectivity index (χ4n) is 3.50. The maximum atomic E-state index is 13.8. The lowest BCUT2D eigenvalue weighted by molar-refractivity contribution is -0.149. The molecule has 3 rings (SSSR count). The molecule has 2 unspecified atom stereocenters. The molecule has 2 aliphatic carbocycles. The summed E-state index contributed by atoms with van der Waals surface area (Å²) in [6.45, 7) is 0. The van der Waals surface area contributed by atoms with E-state index in [0.29, 0.717) is 19.3 Å². The monoisotopic (exact) mass is 323 g/mol. The van der Waals surface area contributed by atoms with Crippen molar-refractivity contribution in [1.82, 2.24) is 5.32 Å². The first-order chi connectivity index (χ1) is 10.9. The van der Waals surface area contributed by atoms with Crippen molar-refractivity contribution in [3.63, 3.8) is 0 Å². The number of amides is 1.